The van der Waals surface area contributed by atoms with Gasteiger partial charge in [-0.15, -0.1) is 0 Å². The van der Waals surface area contributed by atoms with Crippen LogP contribution in [0.3, 0.4) is 0 Å². The minimum Gasteiger partial charge on any atom is -0.338 e. The van der Waals surface area contributed by atoms with Crippen LogP contribution >= 0.6 is 0 Å². The molecule has 4 heterocycles. The maximum Gasteiger partial charge on any atom is 0.433 e. The van der Waals surface area contributed by atoms with Crippen molar-refractivity contribution in [2.24, 2.45) is 0 Å². The molecule has 1 unspecified atom stereocenters. The Morgan fingerprint density at radius 1 is 1.24 bits per heavy atom. The van der Waals surface area contributed by atoms with Crippen molar-refractivity contribution in [3.8, 4) is 0 Å². The summed E-state index contributed by atoms with van der Waals surface area (Å²) in [5, 5.41) is 4.26. The number of aromatic nitrogens is 4. The van der Waals surface area contributed by atoms with Crippen LogP contribution in [0.1, 0.15) is 42.4 Å². The lowest BCUT2D eigenvalue weighted by molar-refractivity contribution is -0.141. The first-order chi connectivity index (χ1) is 13.7. The SMILES string of the molecule is O=C(C1CCCc2nn(Cc3ccc(C(F)(F)F)nc3)c(=O)n21)N1CC[C@@H](F)C1. The molecule has 0 bridgehead atoms. The van der Waals surface area contributed by atoms with Gasteiger partial charge in [-0.3, -0.25) is 14.3 Å². The molecule has 2 aliphatic heterocycles. The van der Waals surface area contributed by atoms with Crippen LogP contribution in [-0.2, 0) is 23.9 Å². The van der Waals surface area contributed by atoms with E-state index in [1.165, 1.54) is 15.5 Å². The van der Waals surface area contributed by atoms with E-state index in [-0.39, 0.29) is 19.0 Å². The lowest BCUT2D eigenvalue weighted by Gasteiger charge is -2.26. The van der Waals surface area contributed by atoms with Gasteiger partial charge in [0.25, 0.3) is 0 Å². The van der Waals surface area contributed by atoms with Crippen molar-refractivity contribution in [1.29, 1.82) is 0 Å². The molecule has 0 aliphatic carbocycles. The van der Waals surface area contributed by atoms with E-state index in [4.69, 9.17) is 0 Å². The van der Waals surface area contributed by atoms with Crippen LogP contribution in [-0.4, -0.2) is 49.4 Å². The average Bonchev–Trinajstić information content (AvgIpc) is 3.25. The summed E-state index contributed by atoms with van der Waals surface area (Å²) in [6.07, 6.45) is -2.59. The average molecular weight is 413 g/mol. The van der Waals surface area contributed by atoms with Crippen LogP contribution in [0.25, 0.3) is 0 Å². The Hall–Kier alpha value is -2.72. The second kappa shape index (κ2) is 7.27. The number of aryl methyl sites for hydroxylation is 1. The van der Waals surface area contributed by atoms with Crippen molar-refractivity contribution >= 4 is 5.91 Å². The van der Waals surface area contributed by atoms with Gasteiger partial charge in [-0.25, -0.2) is 13.9 Å². The number of likely N-dealkylation sites (tertiary alicyclic amines) is 1. The Morgan fingerprint density at radius 2 is 2.03 bits per heavy atom. The van der Waals surface area contributed by atoms with E-state index in [0.717, 1.165) is 16.9 Å². The third-order valence-electron chi connectivity index (χ3n) is 5.31. The number of hydrogen-bond donors (Lipinski definition) is 0. The van der Waals surface area contributed by atoms with E-state index in [0.29, 0.717) is 43.6 Å². The molecule has 0 aromatic carbocycles. The number of hydrogen-bond acceptors (Lipinski definition) is 4. The van der Waals surface area contributed by atoms with Crippen LogP contribution in [0.5, 0.6) is 0 Å². The van der Waals surface area contributed by atoms with E-state index in [1.807, 2.05) is 0 Å². The molecule has 2 aromatic heterocycles. The van der Waals surface area contributed by atoms with Crippen LogP contribution in [0, 0.1) is 0 Å². The van der Waals surface area contributed by atoms with Gasteiger partial charge < -0.3 is 4.90 Å². The molecule has 2 aliphatic rings. The summed E-state index contributed by atoms with van der Waals surface area (Å²) in [6.45, 7) is 0.303. The van der Waals surface area contributed by atoms with Crippen molar-refractivity contribution in [2.45, 2.75) is 50.6 Å². The monoisotopic (exact) mass is 413 g/mol. The number of nitrogens with zero attached hydrogens (tertiary/aromatic N) is 5. The second-order valence-electron chi connectivity index (χ2n) is 7.35. The highest BCUT2D eigenvalue weighted by atomic mass is 19.4. The van der Waals surface area contributed by atoms with Gasteiger partial charge in [-0.2, -0.15) is 18.3 Å². The molecule has 2 atom stereocenters. The number of pyridine rings is 1. The molecular formula is C18H19F4N5O2. The second-order valence-corrected chi connectivity index (χ2v) is 7.35. The number of carbonyl (C=O) groups excluding carboxylic acids is 1. The molecule has 1 saturated heterocycles. The Labute approximate surface area is 162 Å². The van der Waals surface area contributed by atoms with Crippen LogP contribution in [0.15, 0.2) is 23.1 Å². The van der Waals surface area contributed by atoms with Crippen molar-refractivity contribution < 1.29 is 22.4 Å². The van der Waals surface area contributed by atoms with Gasteiger partial charge >= 0.3 is 11.9 Å². The Balaban J connectivity index is 1.58. The number of rotatable bonds is 3. The van der Waals surface area contributed by atoms with Crippen molar-refractivity contribution in [3.63, 3.8) is 0 Å². The third-order valence-corrected chi connectivity index (χ3v) is 5.31. The minimum atomic E-state index is -4.54. The van der Waals surface area contributed by atoms with Gasteiger partial charge in [0.1, 0.15) is 23.7 Å². The predicted octanol–water partition coefficient (Wildman–Crippen LogP) is 1.95. The van der Waals surface area contributed by atoms with Gasteiger partial charge in [0.05, 0.1) is 13.1 Å². The van der Waals surface area contributed by atoms with Crippen molar-refractivity contribution in [3.05, 3.63) is 45.9 Å². The lowest BCUT2D eigenvalue weighted by atomic mass is 10.0. The maximum atomic E-state index is 13.5. The standard InChI is InChI=1S/C18H19F4N5O2/c19-12-6-7-25(10-12)16(28)13-2-1-3-15-24-26(17(29)27(13)15)9-11-4-5-14(23-8-11)18(20,21)22/h4-5,8,12-13H,1-3,6-7,9-10H2/t12-,13?/m1/s1. The largest absolute Gasteiger partial charge is 0.433 e. The number of alkyl halides is 4. The number of carbonyl (C=O) groups is 1. The van der Waals surface area contributed by atoms with Crippen molar-refractivity contribution in [2.75, 3.05) is 13.1 Å². The molecule has 0 spiro atoms. The van der Waals surface area contributed by atoms with Gasteiger partial charge in [0.2, 0.25) is 5.91 Å². The quantitative estimate of drug-likeness (QED) is 0.722. The molecule has 7 nitrogen and oxygen atoms in total. The van der Waals surface area contributed by atoms with Gasteiger partial charge in [-0.05, 0) is 30.9 Å². The highest BCUT2D eigenvalue weighted by Crippen LogP contribution is 2.28. The Morgan fingerprint density at radius 3 is 2.66 bits per heavy atom. The first-order valence-electron chi connectivity index (χ1n) is 9.37. The fourth-order valence-electron chi connectivity index (χ4n) is 3.86. The van der Waals surface area contributed by atoms with Crippen LogP contribution in [0.4, 0.5) is 17.6 Å². The van der Waals surface area contributed by atoms with Gasteiger partial charge in [-0.1, -0.05) is 6.07 Å². The summed E-state index contributed by atoms with van der Waals surface area (Å²) < 4.78 is 53.9. The first kappa shape index (κ1) is 19.6. The summed E-state index contributed by atoms with van der Waals surface area (Å²) in [6, 6.07) is 1.37. The fraction of sp³-hybridized carbons (Fsp3) is 0.556. The van der Waals surface area contributed by atoms with E-state index in [1.54, 1.807) is 0 Å². The number of fused-ring (bicyclic) bond motifs is 1. The predicted molar refractivity (Wildman–Crippen MR) is 92.9 cm³/mol. The summed E-state index contributed by atoms with van der Waals surface area (Å²) in [5.74, 6) is 0.166. The molecule has 2 aromatic rings. The molecule has 156 valence electrons. The molecule has 0 radical (unpaired) electrons. The molecule has 29 heavy (non-hydrogen) atoms. The van der Waals surface area contributed by atoms with Crippen molar-refractivity contribution in [1.82, 2.24) is 24.2 Å². The summed E-state index contributed by atoms with van der Waals surface area (Å²) >= 11 is 0. The highest BCUT2D eigenvalue weighted by molar-refractivity contribution is 5.81. The lowest BCUT2D eigenvalue weighted by Crippen LogP contribution is -2.41. The van der Waals surface area contributed by atoms with E-state index in [9.17, 15) is 27.2 Å². The number of amides is 1. The van der Waals surface area contributed by atoms with E-state index in [2.05, 4.69) is 10.1 Å². The smallest absolute Gasteiger partial charge is 0.338 e. The Kier molecular flexibility index (Phi) is 4.91. The van der Waals surface area contributed by atoms with E-state index < -0.39 is 29.8 Å². The van der Waals surface area contributed by atoms with Crippen LogP contribution in [0.2, 0.25) is 0 Å². The van der Waals surface area contributed by atoms with Gasteiger partial charge in [0.15, 0.2) is 0 Å². The van der Waals surface area contributed by atoms with E-state index >= 15 is 0 Å². The summed E-state index contributed by atoms with van der Waals surface area (Å²) in [4.78, 5) is 30.5. The fourth-order valence-corrected chi connectivity index (χ4v) is 3.86. The molecule has 1 fully saturated rings. The molecule has 0 saturated carbocycles. The maximum absolute atomic E-state index is 13.5. The minimum absolute atomic E-state index is 0.0325. The zero-order valence-electron chi connectivity index (χ0n) is 15.4. The van der Waals surface area contributed by atoms with Gasteiger partial charge in [0, 0.05) is 19.2 Å². The zero-order chi connectivity index (χ0) is 20.8. The third kappa shape index (κ3) is 3.77. The molecule has 4 rings (SSSR count). The molecule has 1 amide bonds. The zero-order valence-corrected chi connectivity index (χ0v) is 15.4. The number of halogens is 4. The van der Waals surface area contributed by atoms with Crippen LogP contribution < -0.4 is 5.69 Å². The summed E-state index contributed by atoms with van der Waals surface area (Å²) in [7, 11) is 0. The Bertz CT molecular complexity index is 966. The summed E-state index contributed by atoms with van der Waals surface area (Å²) in [5.41, 5.74) is -1.13. The molecular weight excluding hydrogens is 394 g/mol. The highest BCUT2D eigenvalue weighted by Gasteiger charge is 2.36. The topological polar surface area (TPSA) is 73.0 Å². The normalized spacial score (nSPS) is 22.0. The first-order valence-corrected chi connectivity index (χ1v) is 9.37. The molecule has 0 N–H and O–H groups in total. The molecule has 11 heteroatoms.